The Labute approximate surface area is 414 Å². The number of carbonyl (C=O) groups excluding carboxylic acids is 2. The topological polar surface area (TPSA) is 134 Å². The molecule has 0 rings (SSSR count). The van der Waals surface area contributed by atoms with Crippen molar-refractivity contribution in [3.05, 3.63) is 134 Å². The second kappa shape index (κ2) is 52.5. The first-order valence-electron chi connectivity index (χ1n) is 26.2. The summed E-state index contributed by atoms with van der Waals surface area (Å²) in [5, 5.41) is 0. The quantitative estimate of drug-likeness (QED) is 0.0265. The normalized spacial score (nSPS) is 14.2. The first kappa shape index (κ1) is 64.2. The third kappa shape index (κ3) is 51.5. The van der Waals surface area contributed by atoms with Crippen LogP contribution in [0.25, 0.3) is 0 Å². The van der Waals surface area contributed by atoms with Crippen molar-refractivity contribution in [2.45, 2.75) is 193 Å². The SMILES string of the molecule is CC/C=C\C/C=C\C/C=C\C/C=C\C/C=C\C/C=C\C/C=C\C/C=C\C/C=C\CCCC(=O)OC(COC(=O)CCCCCCCCC/C=C\C/C=C\CCCCCC)COP(=O)(O)OCCN. The summed E-state index contributed by atoms with van der Waals surface area (Å²) in [6.45, 7) is 3.51. The molecule has 0 aliphatic rings. The molecule has 0 amide bonds. The van der Waals surface area contributed by atoms with E-state index in [9.17, 15) is 19.0 Å². The van der Waals surface area contributed by atoms with Gasteiger partial charge in [0.15, 0.2) is 6.10 Å². The van der Waals surface area contributed by atoms with Crippen LogP contribution in [-0.2, 0) is 32.7 Å². The van der Waals surface area contributed by atoms with Crippen molar-refractivity contribution in [2.24, 2.45) is 5.73 Å². The van der Waals surface area contributed by atoms with Crippen LogP contribution in [0.4, 0.5) is 0 Å². The number of phosphoric acid groups is 1. The van der Waals surface area contributed by atoms with Crippen LogP contribution in [0, 0.1) is 0 Å². The average molecular weight is 964 g/mol. The number of hydrogen-bond donors (Lipinski definition) is 2. The lowest BCUT2D eigenvalue weighted by molar-refractivity contribution is -0.161. The molecular weight excluding hydrogens is 870 g/mol. The average Bonchev–Trinajstić information content (AvgIpc) is 3.33. The second-order valence-corrected chi connectivity index (χ2v) is 18.1. The highest BCUT2D eigenvalue weighted by atomic mass is 31.2. The lowest BCUT2D eigenvalue weighted by Gasteiger charge is -2.19. The Bertz CT molecular complexity index is 1570. The minimum atomic E-state index is -4.41. The Kier molecular flexibility index (Phi) is 49.5. The molecule has 2 unspecified atom stereocenters. The van der Waals surface area contributed by atoms with Gasteiger partial charge in [0.2, 0.25) is 0 Å². The monoisotopic (exact) mass is 964 g/mol. The summed E-state index contributed by atoms with van der Waals surface area (Å²) in [5.41, 5.74) is 5.36. The maximum absolute atomic E-state index is 12.6. The minimum absolute atomic E-state index is 0.0353. The van der Waals surface area contributed by atoms with Crippen LogP contribution in [-0.4, -0.2) is 49.3 Å². The van der Waals surface area contributed by atoms with Gasteiger partial charge in [-0.2, -0.15) is 0 Å². The van der Waals surface area contributed by atoms with E-state index >= 15 is 0 Å². The number of allylic oxidation sites excluding steroid dienone is 22. The number of rotatable bonds is 47. The maximum atomic E-state index is 12.6. The highest BCUT2D eigenvalue weighted by Gasteiger charge is 2.26. The van der Waals surface area contributed by atoms with E-state index in [4.69, 9.17) is 24.3 Å². The molecule has 0 aromatic rings. The van der Waals surface area contributed by atoms with Crippen molar-refractivity contribution in [1.82, 2.24) is 0 Å². The van der Waals surface area contributed by atoms with Crippen molar-refractivity contribution in [3.8, 4) is 0 Å². The number of esters is 2. The van der Waals surface area contributed by atoms with Crippen LogP contribution in [0.3, 0.4) is 0 Å². The predicted molar refractivity (Wildman–Crippen MR) is 288 cm³/mol. The number of carbonyl (C=O) groups is 2. The van der Waals surface area contributed by atoms with Gasteiger partial charge in [-0.05, 0) is 109 Å². The van der Waals surface area contributed by atoms with Gasteiger partial charge in [-0.25, -0.2) is 4.57 Å². The molecule has 384 valence electrons. The standard InChI is InChI=1S/C58H94NO8P/c1-3-5-7-9-11-13-15-17-19-21-23-24-25-26-27-28-29-30-31-32-33-35-37-39-41-43-45-47-49-51-58(61)67-56(55-66-68(62,63)65-53-52-59)54-64-57(60)50-48-46-44-42-40-38-36-34-22-20-18-16-14-12-10-8-6-4-2/h5,7,11,13-14,16-17,19-20,22-24,26-27,29-30,32-33,37,39,43,45,56H,3-4,6,8-10,12,15,18,21,25,28,31,34-36,38,40-42,44,46-55,59H2,1-2H3,(H,62,63)/b7-5-,13-11-,16-14-,19-17-,22-20-,24-23-,27-26-,30-29-,33-32-,39-37-,45-43-. The number of unbranched alkanes of at least 4 members (excludes halogenated alkanes) is 12. The van der Waals surface area contributed by atoms with Crippen molar-refractivity contribution in [1.29, 1.82) is 0 Å². The molecule has 0 aromatic heterocycles. The highest BCUT2D eigenvalue weighted by Crippen LogP contribution is 2.43. The largest absolute Gasteiger partial charge is 0.472 e. The molecule has 2 atom stereocenters. The van der Waals surface area contributed by atoms with Gasteiger partial charge in [0, 0.05) is 19.4 Å². The lowest BCUT2D eigenvalue weighted by Crippen LogP contribution is -2.29. The molecule has 0 spiro atoms. The van der Waals surface area contributed by atoms with Gasteiger partial charge in [-0.1, -0.05) is 199 Å². The molecular formula is C58H94NO8P. The molecule has 0 saturated heterocycles. The number of ether oxygens (including phenoxy) is 2. The second-order valence-electron chi connectivity index (χ2n) is 16.7. The van der Waals surface area contributed by atoms with E-state index in [0.29, 0.717) is 19.3 Å². The van der Waals surface area contributed by atoms with Crippen molar-refractivity contribution in [2.75, 3.05) is 26.4 Å². The zero-order chi connectivity index (χ0) is 49.5. The van der Waals surface area contributed by atoms with Crippen LogP contribution < -0.4 is 5.73 Å². The fourth-order valence-corrected chi connectivity index (χ4v) is 7.20. The van der Waals surface area contributed by atoms with E-state index in [1.165, 1.54) is 51.4 Å². The van der Waals surface area contributed by atoms with E-state index in [1.807, 2.05) is 6.08 Å². The van der Waals surface area contributed by atoms with Crippen LogP contribution in [0.5, 0.6) is 0 Å². The Hall–Kier alpha value is -3.85. The molecule has 9 nitrogen and oxygen atoms in total. The molecule has 0 fully saturated rings. The van der Waals surface area contributed by atoms with Crippen LogP contribution >= 0.6 is 7.82 Å². The molecule has 68 heavy (non-hydrogen) atoms. The predicted octanol–water partition coefficient (Wildman–Crippen LogP) is 16.2. The fourth-order valence-electron chi connectivity index (χ4n) is 6.43. The Morgan fingerprint density at radius 2 is 0.824 bits per heavy atom. The van der Waals surface area contributed by atoms with Gasteiger partial charge < -0.3 is 20.1 Å². The van der Waals surface area contributed by atoms with Gasteiger partial charge in [0.25, 0.3) is 0 Å². The van der Waals surface area contributed by atoms with E-state index in [0.717, 1.165) is 89.9 Å². The molecule has 0 aliphatic heterocycles. The molecule has 3 N–H and O–H groups in total. The van der Waals surface area contributed by atoms with Gasteiger partial charge in [-0.3, -0.25) is 18.6 Å². The number of phosphoric ester groups is 1. The highest BCUT2D eigenvalue weighted by molar-refractivity contribution is 7.47. The maximum Gasteiger partial charge on any atom is 0.472 e. The zero-order valence-electron chi connectivity index (χ0n) is 42.5. The lowest BCUT2D eigenvalue weighted by atomic mass is 10.1. The minimum Gasteiger partial charge on any atom is -0.462 e. The van der Waals surface area contributed by atoms with E-state index in [1.54, 1.807) is 0 Å². The molecule has 0 saturated carbocycles. The Balaban J connectivity index is 4.22. The van der Waals surface area contributed by atoms with Gasteiger partial charge in [0.05, 0.1) is 13.2 Å². The molecule has 0 radical (unpaired) electrons. The summed E-state index contributed by atoms with van der Waals surface area (Å²) in [7, 11) is -4.41. The third-order valence-electron chi connectivity index (χ3n) is 10.3. The van der Waals surface area contributed by atoms with Crippen molar-refractivity contribution >= 4 is 19.8 Å². The van der Waals surface area contributed by atoms with Gasteiger partial charge >= 0.3 is 19.8 Å². The van der Waals surface area contributed by atoms with Crippen molar-refractivity contribution < 1.29 is 37.6 Å². The third-order valence-corrected chi connectivity index (χ3v) is 11.3. The molecule has 0 heterocycles. The summed E-state index contributed by atoms with van der Waals surface area (Å²) < 4.78 is 32.9. The molecule has 10 heteroatoms. The van der Waals surface area contributed by atoms with Gasteiger partial charge in [0.1, 0.15) is 6.61 Å². The van der Waals surface area contributed by atoms with E-state index < -0.39 is 32.5 Å². The van der Waals surface area contributed by atoms with Crippen molar-refractivity contribution in [3.63, 3.8) is 0 Å². The van der Waals surface area contributed by atoms with Crippen LogP contribution in [0.1, 0.15) is 187 Å². The smallest absolute Gasteiger partial charge is 0.462 e. The Morgan fingerprint density at radius 1 is 0.456 bits per heavy atom. The zero-order valence-corrected chi connectivity index (χ0v) is 43.4. The van der Waals surface area contributed by atoms with Gasteiger partial charge in [-0.15, -0.1) is 0 Å². The summed E-state index contributed by atoms with van der Waals surface area (Å²) in [4.78, 5) is 35.0. The number of nitrogens with two attached hydrogens (primary N) is 1. The Morgan fingerprint density at radius 3 is 1.25 bits per heavy atom. The van der Waals surface area contributed by atoms with E-state index in [2.05, 4.69) is 141 Å². The van der Waals surface area contributed by atoms with E-state index in [-0.39, 0.29) is 32.6 Å². The molecule has 0 bridgehead atoms. The molecule has 0 aromatic carbocycles. The summed E-state index contributed by atoms with van der Waals surface area (Å²) in [6.07, 6.45) is 73.5. The first-order chi connectivity index (χ1) is 33.3. The molecule has 0 aliphatic carbocycles. The summed E-state index contributed by atoms with van der Waals surface area (Å²) in [5.74, 6) is -0.919. The first-order valence-corrected chi connectivity index (χ1v) is 27.7. The fraction of sp³-hybridized carbons (Fsp3) is 0.586. The summed E-state index contributed by atoms with van der Waals surface area (Å²) in [6, 6.07) is 0. The summed E-state index contributed by atoms with van der Waals surface area (Å²) >= 11 is 0. The van der Waals surface area contributed by atoms with Crippen LogP contribution in [0.2, 0.25) is 0 Å². The van der Waals surface area contributed by atoms with Crippen LogP contribution in [0.15, 0.2) is 134 Å². The number of hydrogen-bond acceptors (Lipinski definition) is 8.